The van der Waals surface area contributed by atoms with Gasteiger partial charge >= 0.3 is 0 Å². The number of benzene rings is 3. The second-order valence-electron chi connectivity index (χ2n) is 7.40. The van der Waals surface area contributed by atoms with Crippen LogP contribution in [-0.4, -0.2) is 27.1 Å². The smallest absolute Gasteiger partial charge is 0.251 e. The van der Waals surface area contributed by atoms with Crippen molar-refractivity contribution >= 4 is 29.3 Å². The lowest BCUT2D eigenvalue weighted by atomic mass is 10.1. The van der Waals surface area contributed by atoms with Gasteiger partial charge in [-0.3, -0.25) is 14.2 Å². The van der Waals surface area contributed by atoms with Crippen LogP contribution < -0.4 is 10.6 Å². The lowest BCUT2D eigenvalue weighted by Crippen LogP contribution is -2.23. The Morgan fingerprint density at radius 3 is 2.54 bits per heavy atom. The second-order valence-corrected chi connectivity index (χ2v) is 8.34. The molecule has 4 rings (SSSR count). The Hall–Kier alpha value is -4.42. The van der Waals surface area contributed by atoms with Gasteiger partial charge in [0.05, 0.1) is 17.0 Å². The zero-order valence-electron chi connectivity index (χ0n) is 18.4. The number of amides is 2. The van der Waals surface area contributed by atoms with Gasteiger partial charge in [0.1, 0.15) is 11.9 Å². The van der Waals surface area contributed by atoms with Crippen molar-refractivity contribution < 1.29 is 14.0 Å². The molecule has 2 N–H and O–H groups in total. The summed E-state index contributed by atoms with van der Waals surface area (Å²) in [6, 6.07) is 22.0. The topological polar surface area (TPSA) is 99.8 Å². The Balaban J connectivity index is 1.36. The number of rotatable bonds is 8. The van der Waals surface area contributed by atoms with Gasteiger partial charge in [0.2, 0.25) is 5.91 Å². The van der Waals surface area contributed by atoms with Gasteiger partial charge in [0.15, 0.2) is 5.16 Å². The van der Waals surface area contributed by atoms with Crippen LogP contribution in [0.5, 0.6) is 0 Å². The lowest BCUT2D eigenvalue weighted by molar-refractivity contribution is -0.113. The van der Waals surface area contributed by atoms with Crippen LogP contribution in [0.15, 0.2) is 90.3 Å². The molecular formula is C26H20FN5O2S. The van der Waals surface area contributed by atoms with E-state index in [0.29, 0.717) is 27.5 Å². The normalized spacial score (nSPS) is 10.4. The van der Waals surface area contributed by atoms with Crippen LogP contribution in [0, 0.1) is 17.1 Å². The van der Waals surface area contributed by atoms with Crippen LogP contribution in [-0.2, 0) is 11.3 Å². The number of thioether (sulfide) groups is 1. The summed E-state index contributed by atoms with van der Waals surface area (Å²) in [6.45, 7) is 0.0937. The van der Waals surface area contributed by atoms with Gasteiger partial charge in [0.25, 0.3) is 5.91 Å². The fourth-order valence-electron chi connectivity index (χ4n) is 3.29. The predicted molar refractivity (Wildman–Crippen MR) is 132 cm³/mol. The summed E-state index contributed by atoms with van der Waals surface area (Å²) in [7, 11) is 0. The van der Waals surface area contributed by atoms with Crippen molar-refractivity contribution in [2.75, 3.05) is 11.1 Å². The first-order chi connectivity index (χ1) is 17.0. The molecule has 1 heterocycles. The lowest BCUT2D eigenvalue weighted by Gasteiger charge is -2.10. The average Bonchev–Trinajstić information content (AvgIpc) is 3.36. The van der Waals surface area contributed by atoms with E-state index in [1.165, 1.54) is 17.8 Å². The summed E-state index contributed by atoms with van der Waals surface area (Å²) in [5.74, 6) is -0.826. The number of halogens is 1. The van der Waals surface area contributed by atoms with Crippen LogP contribution in [0.1, 0.15) is 21.5 Å². The van der Waals surface area contributed by atoms with Gasteiger partial charge in [-0.25, -0.2) is 9.37 Å². The van der Waals surface area contributed by atoms with Crippen molar-refractivity contribution in [1.82, 2.24) is 14.9 Å². The Kier molecular flexibility index (Phi) is 7.55. The molecule has 0 bridgehead atoms. The maximum atomic E-state index is 13.7. The van der Waals surface area contributed by atoms with Gasteiger partial charge < -0.3 is 10.6 Å². The number of aromatic nitrogens is 2. The molecule has 0 aliphatic heterocycles. The first-order valence-corrected chi connectivity index (χ1v) is 11.6. The van der Waals surface area contributed by atoms with E-state index >= 15 is 0 Å². The van der Waals surface area contributed by atoms with Crippen molar-refractivity contribution in [3.8, 4) is 11.8 Å². The maximum absolute atomic E-state index is 13.7. The molecular weight excluding hydrogens is 465 g/mol. The molecule has 2 amide bonds. The molecule has 1 aromatic heterocycles. The van der Waals surface area contributed by atoms with E-state index in [0.717, 1.165) is 5.69 Å². The molecule has 7 nitrogen and oxygen atoms in total. The van der Waals surface area contributed by atoms with E-state index in [2.05, 4.69) is 15.6 Å². The Morgan fingerprint density at radius 1 is 1.03 bits per heavy atom. The minimum Gasteiger partial charge on any atom is -0.348 e. The minimum atomic E-state index is -0.365. The van der Waals surface area contributed by atoms with Gasteiger partial charge in [-0.05, 0) is 42.5 Å². The van der Waals surface area contributed by atoms with Gasteiger partial charge in [-0.2, -0.15) is 5.26 Å². The highest BCUT2D eigenvalue weighted by Gasteiger charge is 2.12. The number of para-hydroxylation sites is 1. The molecule has 0 saturated carbocycles. The highest BCUT2D eigenvalue weighted by molar-refractivity contribution is 7.99. The SMILES string of the molecule is N#Cc1ccccc1NC(=O)CSc1nccn1-c1ccc(C(=O)NCc2ccccc2F)cc1. The number of nitriles is 1. The molecule has 35 heavy (non-hydrogen) atoms. The Labute approximate surface area is 205 Å². The number of nitrogens with one attached hydrogen (secondary N) is 2. The maximum Gasteiger partial charge on any atom is 0.251 e. The molecule has 174 valence electrons. The molecule has 0 saturated heterocycles. The monoisotopic (exact) mass is 485 g/mol. The Morgan fingerprint density at radius 2 is 1.77 bits per heavy atom. The molecule has 3 aromatic carbocycles. The number of hydrogen-bond acceptors (Lipinski definition) is 5. The van der Waals surface area contributed by atoms with E-state index in [1.54, 1.807) is 79.1 Å². The molecule has 0 fully saturated rings. The number of nitrogens with zero attached hydrogens (tertiary/aromatic N) is 3. The van der Waals surface area contributed by atoms with Crippen molar-refractivity contribution in [3.05, 3.63) is 108 Å². The summed E-state index contributed by atoms with van der Waals surface area (Å²) in [5.41, 5.74) is 2.48. The van der Waals surface area contributed by atoms with Crippen LogP contribution in [0.4, 0.5) is 10.1 Å². The fourth-order valence-corrected chi connectivity index (χ4v) is 4.06. The molecule has 0 spiro atoms. The third-order valence-corrected chi connectivity index (χ3v) is 6.03. The van der Waals surface area contributed by atoms with E-state index in [9.17, 15) is 14.0 Å². The number of anilines is 1. The van der Waals surface area contributed by atoms with Crippen LogP contribution in [0.3, 0.4) is 0 Å². The predicted octanol–water partition coefficient (Wildman–Crippen LogP) is 4.54. The number of hydrogen-bond donors (Lipinski definition) is 2. The average molecular weight is 486 g/mol. The van der Waals surface area contributed by atoms with E-state index in [-0.39, 0.29) is 29.9 Å². The van der Waals surface area contributed by atoms with Crippen molar-refractivity contribution in [3.63, 3.8) is 0 Å². The van der Waals surface area contributed by atoms with Crippen molar-refractivity contribution in [2.24, 2.45) is 0 Å². The van der Waals surface area contributed by atoms with E-state index < -0.39 is 0 Å². The van der Waals surface area contributed by atoms with Crippen molar-refractivity contribution in [1.29, 1.82) is 5.26 Å². The van der Waals surface area contributed by atoms with E-state index in [4.69, 9.17) is 5.26 Å². The first kappa shape index (κ1) is 23.7. The highest BCUT2D eigenvalue weighted by atomic mass is 32.2. The molecule has 0 atom stereocenters. The first-order valence-electron chi connectivity index (χ1n) is 10.6. The highest BCUT2D eigenvalue weighted by Crippen LogP contribution is 2.22. The summed E-state index contributed by atoms with van der Waals surface area (Å²) in [6.07, 6.45) is 3.39. The standard InChI is InChI=1S/C26H20FN5O2S/c27-22-7-3-1-6-20(22)16-30-25(34)18-9-11-21(12-10-18)32-14-13-29-26(32)35-17-24(33)31-23-8-4-2-5-19(23)15-28/h1-14H,16-17H2,(H,30,34)(H,31,33). The third-order valence-electron chi connectivity index (χ3n) is 5.07. The molecule has 9 heteroatoms. The quantitative estimate of drug-likeness (QED) is 0.357. The van der Waals surface area contributed by atoms with Gasteiger partial charge in [0, 0.05) is 35.8 Å². The molecule has 0 aliphatic rings. The molecule has 0 radical (unpaired) electrons. The van der Waals surface area contributed by atoms with E-state index in [1.807, 2.05) is 10.6 Å². The Bertz CT molecular complexity index is 1400. The summed E-state index contributed by atoms with van der Waals surface area (Å²) in [4.78, 5) is 29.1. The van der Waals surface area contributed by atoms with Crippen LogP contribution in [0.2, 0.25) is 0 Å². The van der Waals surface area contributed by atoms with Crippen LogP contribution >= 0.6 is 11.8 Å². The molecule has 4 aromatic rings. The number of imidazole rings is 1. The summed E-state index contributed by atoms with van der Waals surface area (Å²) in [5, 5.41) is 15.2. The van der Waals surface area contributed by atoms with Gasteiger partial charge in [-0.1, -0.05) is 42.1 Å². The largest absolute Gasteiger partial charge is 0.348 e. The fraction of sp³-hybridized carbons (Fsp3) is 0.0769. The van der Waals surface area contributed by atoms with Crippen LogP contribution in [0.25, 0.3) is 5.69 Å². The number of carbonyl (C=O) groups is 2. The molecule has 0 aliphatic carbocycles. The number of carbonyl (C=O) groups excluding carboxylic acids is 2. The zero-order chi connectivity index (χ0) is 24.6. The minimum absolute atomic E-state index is 0.0937. The summed E-state index contributed by atoms with van der Waals surface area (Å²) < 4.78 is 15.6. The third kappa shape index (κ3) is 5.93. The summed E-state index contributed by atoms with van der Waals surface area (Å²) >= 11 is 1.25. The van der Waals surface area contributed by atoms with Gasteiger partial charge in [-0.15, -0.1) is 0 Å². The zero-order valence-corrected chi connectivity index (χ0v) is 19.3. The second kappa shape index (κ2) is 11.1. The van der Waals surface area contributed by atoms with Crippen molar-refractivity contribution in [2.45, 2.75) is 11.7 Å². The molecule has 0 unspecified atom stereocenters.